The van der Waals surface area contributed by atoms with E-state index < -0.39 is 10.9 Å². The van der Waals surface area contributed by atoms with Crippen LogP contribution in [0.3, 0.4) is 0 Å². The minimum absolute atomic E-state index is 0.0245. The molecule has 2 heterocycles. The smallest absolute Gasteiger partial charge is 0.338 e. The monoisotopic (exact) mass is 399 g/mol. The highest BCUT2D eigenvalue weighted by molar-refractivity contribution is 7.18. The van der Waals surface area contributed by atoms with E-state index in [1.165, 1.54) is 35.5 Å². The summed E-state index contributed by atoms with van der Waals surface area (Å²) in [5.41, 5.74) is 0.855. The summed E-state index contributed by atoms with van der Waals surface area (Å²) in [6.45, 7) is 0. The third kappa shape index (κ3) is 3.18. The molecule has 0 saturated carbocycles. The number of fused-ring (bicyclic) bond motifs is 3. The number of esters is 1. The summed E-state index contributed by atoms with van der Waals surface area (Å²) < 4.78 is 4.67. The fraction of sp³-hybridized carbons (Fsp3) is 0.316. The number of hydrogen-bond donors (Lipinski definition) is 1. The fourth-order valence-electron chi connectivity index (χ4n) is 3.57. The molecule has 8 nitrogen and oxygen atoms in total. The third-order valence-electron chi connectivity index (χ3n) is 4.90. The number of nitro benzene ring substituents is 1. The highest BCUT2D eigenvalue weighted by atomic mass is 32.1. The zero-order chi connectivity index (χ0) is 19.8. The Bertz CT molecular complexity index is 1160. The van der Waals surface area contributed by atoms with E-state index in [0.29, 0.717) is 10.2 Å². The number of hydrogen-bond acceptors (Lipinski definition) is 7. The van der Waals surface area contributed by atoms with E-state index >= 15 is 0 Å². The fourth-order valence-corrected chi connectivity index (χ4v) is 4.83. The standard InChI is InChI=1S/C19H17N3O5S/c1-27-19(24)11-7-10(8-12(9-11)22(25)26)16-20-17(23)15-13-5-3-2-4-6-14(13)28-18(15)21-16/h7-9H,2-6H2,1H3,(H,20,21,23). The van der Waals surface area contributed by atoms with Gasteiger partial charge in [-0.1, -0.05) is 6.42 Å². The summed E-state index contributed by atoms with van der Waals surface area (Å²) >= 11 is 1.50. The number of non-ortho nitro benzene ring substituents is 1. The van der Waals surface area contributed by atoms with E-state index in [-0.39, 0.29) is 28.2 Å². The Morgan fingerprint density at radius 3 is 2.79 bits per heavy atom. The first kappa shape index (κ1) is 18.3. The van der Waals surface area contributed by atoms with Gasteiger partial charge in [0.05, 0.1) is 23.0 Å². The van der Waals surface area contributed by atoms with Crippen LogP contribution in [0.15, 0.2) is 23.0 Å². The SMILES string of the molecule is COC(=O)c1cc(-c2nc3sc4c(c3c(=O)[nH]2)CCCCC4)cc([N+](=O)[O-])c1. The van der Waals surface area contributed by atoms with Crippen LogP contribution in [0.5, 0.6) is 0 Å². The van der Waals surface area contributed by atoms with Gasteiger partial charge in [-0.2, -0.15) is 0 Å². The second kappa shape index (κ2) is 7.16. The van der Waals surface area contributed by atoms with Crippen molar-refractivity contribution < 1.29 is 14.5 Å². The van der Waals surface area contributed by atoms with Crippen LogP contribution < -0.4 is 5.56 Å². The largest absolute Gasteiger partial charge is 0.465 e. The summed E-state index contributed by atoms with van der Waals surface area (Å²) in [6.07, 6.45) is 5.10. The van der Waals surface area contributed by atoms with Crippen molar-refractivity contribution in [3.63, 3.8) is 0 Å². The van der Waals surface area contributed by atoms with Crippen molar-refractivity contribution >= 4 is 33.2 Å². The van der Waals surface area contributed by atoms with Crippen LogP contribution in [0, 0.1) is 10.1 Å². The Morgan fingerprint density at radius 1 is 1.25 bits per heavy atom. The molecule has 3 aromatic rings. The van der Waals surface area contributed by atoms with Gasteiger partial charge in [-0.25, -0.2) is 9.78 Å². The number of nitrogens with one attached hydrogen (secondary N) is 1. The van der Waals surface area contributed by atoms with Crippen LogP contribution >= 0.6 is 11.3 Å². The van der Waals surface area contributed by atoms with Gasteiger partial charge in [0, 0.05) is 22.6 Å². The van der Waals surface area contributed by atoms with Crippen LogP contribution in [0.2, 0.25) is 0 Å². The van der Waals surface area contributed by atoms with Gasteiger partial charge in [0.2, 0.25) is 0 Å². The average Bonchev–Trinajstić information content (AvgIpc) is 2.89. The van der Waals surface area contributed by atoms with Gasteiger partial charge >= 0.3 is 5.97 Å². The highest BCUT2D eigenvalue weighted by Gasteiger charge is 2.21. The highest BCUT2D eigenvalue weighted by Crippen LogP contribution is 2.34. The van der Waals surface area contributed by atoms with Crippen LogP contribution in [-0.2, 0) is 17.6 Å². The Kier molecular flexibility index (Phi) is 4.68. The first-order valence-corrected chi connectivity index (χ1v) is 9.72. The molecule has 4 rings (SSSR count). The summed E-state index contributed by atoms with van der Waals surface area (Å²) in [4.78, 5) is 44.4. The lowest BCUT2D eigenvalue weighted by Crippen LogP contribution is -2.10. The Morgan fingerprint density at radius 2 is 2.04 bits per heavy atom. The number of carbonyl (C=O) groups is 1. The minimum atomic E-state index is -0.698. The molecule has 1 aliphatic rings. The molecule has 0 aliphatic heterocycles. The number of aromatic nitrogens is 2. The van der Waals surface area contributed by atoms with Crippen molar-refractivity contribution in [3.05, 3.63) is 54.7 Å². The lowest BCUT2D eigenvalue weighted by Gasteiger charge is -2.05. The van der Waals surface area contributed by atoms with Crippen LogP contribution in [0.4, 0.5) is 5.69 Å². The van der Waals surface area contributed by atoms with Crippen LogP contribution in [0.25, 0.3) is 21.6 Å². The average molecular weight is 399 g/mol. The topological polar surface area (TPSA) is 115 Å². The first-order valence-electron chi connectivity index (χ1n) is 8.90. The molecule has 28 heavy (non-hydrogen) atoms. The molecule has 0 fully saturated rings. The quantitative estimate of drug-likeness (QED) is 0.311. The molecule has 0 saturated heterocycles. The summed E-state index contributed by atoms with van der Waals surface area (Å²) in [5.74, 6) is -0.501. The summed E-state index contributed by atoms with van der Waals surface area (Å²) in [7, 11) is 1.20. The maximum absolute atomic E-state index is 12.8. The second-order valence-corrected chi connectivity index (χ2v) is 7.76. The first-order chi connectivity index (χ1) is 13.5. The van der Waals surface area contributed by atoms with Crippen molar-refractivity contribution in [2.75, 3.05) is 7.11 Å². The zero-order valence-corrected chi connectivity index (χ0v) is 15.9. The van der Waals surface area contributed by atoms with Crippen molar-refractivity contribution in [2.24, 2.45) is 0 Å². The molecule has 1 aromatic carbocycles. The number of methoxy groups -OCH3 is 1. The molecule has 0 unspecified atom stereocenters. The molecule has 0 amide bonds. The molecule has 0 radical (unpaired) electrons. The lowest BCUT2D eigenvalue weighted by molar-refractivity contribution is -0.384. The number of aromatic amines is 1. The van der Waals surface area contributed by atoms with Crippen molar-refractivity contribution in [3.8, 4) is 11.4 Å². The van der Waals surface area contributed by atoms with Gasteiger partial charge < -0.3 is 9.72 Å². The minimum Gasteiger partial charge on any atom is -0.465 e. The maximum Gasteiger partial charge on any atom is 0.338 e. The lowest BCUT2D eigenvalue weighted by atomic mass is 10.1. The van der Waals surface area contributed by atoms with Crippen molar-refractivity contribution in [2.45, 2.75) is 32.1 Å². The normalized spacial score (nSPS) is 13.8. The number of aryl methyl sites for hydroxylation is 2. The number of benzene rings is 1. The van der Waals surface area contributed by atoms with Gasteiger partial charge in [-0.15, -0.1) is 11.3 Å². The molecule has 0 atom stereocenters. The Hall–Kier alpha value is -3.07. The summed E-state index contributed by atoms with van der Waals surface area (Å²) in [6, 6.07) is 3.86. The van der Waals surface area contributed by atoms with Gasteiger partial charge in [0.15, 0.2) is 0 Å². The maximum atomic E-state index is 12.8. The van der Waals surface area contributed by atoms with Crippen molar-refractivity contribution in [1.82, 2.24) is 9.97 Å². The van der Waals surface area contributed by atoms with Gasteiger partial charge in [-0.3, -0.25) is 14.9 Å². The molecule has 0 bridgehead atoms. The van der Waals surface area contributed by atoms with E-state index in [1.54, 1.807) is 0 Å². The van der Waals surface area contributed by atoms with Gasteiger partial charge in [0.25, 0.3) is 11.2 Å². The zero-order valence-electron chi connectivity index (χ0n) is 15.1. The molecule has 144 valence electrons. The Labute approximate surface area is 163 Å². The van der Waals surface area contributed by atoms with Crippen molar-refractivity contribution in [1.29, 1.82) is 0 Å². The van der Waals surface area contributed by atoms with Gasteiger partial charge in [-0.05, 0) is 37.3 Å². The van der Waals surface area contributed by atoms with E-state index in [2.05, 4.69) is 14.7 Å². The molecule has 0 spiro atoms. The van der Waals surface area contributed by atoms with Gasteiger partial charge in [0.1, 0.15) is 10.7 Å². The molecular weight excluding hydrogens is 382 g/mol. The molecule has 1 N–H and O–H groups in total. The number of rotatable bonds is 3. The van der Waals surface area contributed by atoms with E-state index in [1.807, 2.05) is 0 Å². The predicted molar refractivity (Wildman–Crippen MR) is 105 cm³/mol. The number of nitrogens with zero attached hydrogens (tertiary/aromatic N) is 2. The molecular formula is C19H17N3O5S. The predicted octanol–water partition coefficient (Wildman–Crippen LogP) is 3.62. The number of nitro groups is 1. The number of carbonyl (C=O) groups excluding carboxylic acids is 1. The van der Waals surface area contributed by atoms with E-state index in [4.69, 9.17) is 0 Å². The van der Waals surface area contributed by atoms with Crippen LogP contribution in [0.1, 0.15) is 40.1 Å². The number of ether oxygens (including phenoxy) is 1. The second-order valence-electron chi connectivity index (χ2n) is 6.68. The molecule has 1 aliphatic carbocycles. The molecule has 2 aromatic heterocycles. The van der Waals surface area contributed by atoms with Crippen LogP contribution in [-0.4, -0.2) is 28.0 Å². The molecule has 9 heteroatoms. The van der Waals surface area contributed by atoms with E-state index in [9.17, 15) is 19.7 Å². The number of thiophene rings is 1. The Balaban J connectivity index is 1.90. The number of H-pyrrole nitrogens is 1. The summed E-state index contributed by atoms with van der Waals surface area (Å²) in [5, 5.41) is 11.9. The third-order valence-corrected chi connectivity index (χ3v) is 6.08. The van der Waals surface area contributed by atoms with E-state index in [0.717, 1.165) is 43.7 Å².